The Bertz CT molecular complexity index is 530. The van der Waals surface area contributed by atoms with Gasteiger partial charge in [0.1, 0.15) is 0 Å². The van der Waals surface area contributed by atoms with Gasteiger partial charge >= 0.3 is 5.97 Å². The minimum absolute atomic E-state index is 0.0893. The highest BCUT2D eigenvalue weighted by Crippen LogP contribution is 2.10. The molecule has 0 radical (unpaired) electrons. The van der Waals surface area contributed by atoms with Crippen molar-refractivity contribution in [1.82, 2.24) is 5.32 Å². The zero-order chi connectivity index (χ0) is 15.8. The van der Waals surface area contributed by atoms with E-state index in [-0.39, 0.29) is 24.8 Å². The first-order valence-corrected chi connectivity index (χ1v) is 6.32. The molecule has 1 aromatic carbocycles. The Morgan fingerprint density at radius 3 is 2.62 bits per heavy atom. The summed E-state index contributed by atoms with van der Waals surface area (Å²) in [4.78, 5) is 33.5. The lowest BCUT2D eigenvalue weighted by Gasteiger charge is -2.14. The van der Waals surface area contributed by atoms with Gasteiger partial charge in [0, 0.05) is 31.8 Å². The minimum Gasteiger partial charge on any atom is -0.481 e. The van der Waals surface area contributed by atoms with Gasteiger partial charge in [-0.1, -0.05) is 6.07 Å². The van der Waals surface area contributed by atoms with Gasteiger partial charge in [0.15, 0.2) is 0 Å². The second kappa shape index (κ2) is 8.01. The smallest absolute Gasteiger partial charge is 0.306 e. The number of amides is 2. The number of benzene rings is 1. The number of methoxy groups -OCH3 is 1. The third-order valence-corrected chi connectivity index (χ3v) is 2.67. The molecule has 0 heterocycles. The van der Waals surface area contributed by atoms with Gasteiger partial charge in [-0.3, -0.25) is 14.4 Å². The van der Waals surface area contributed by atoms with Gasteiger partial charge in [0.2, 0.25) is 5.91 Å². The van der Waals surface area contributed by atoms with E-state index in [1.165, 1.54) is 20.1 Å². The Morgan fingerprint density at radius 2 is 2.05 bits per heavy atom. The van der Waals surface area contributed by atoms with E-state index in [2.05, 4.69) is 10.6 Å². The zero-order valence-electron chi connectivity index (χ0n) is 11.9. The number of ether oxygens (including phenoxy) is 1. The summed E-state index contributed by atoms with van der Waals surface area (Å²) in [5.41, 5.74) is 0.885. The van der Waals surface area contributed by atoms with Crippen LogP contribution < -0.4 is 10.6 Å². The molecule has 0 aliphatic heterocycles. The molecule has 0 saturated carbocycles. The summed E-state index contributed by atoms with van der Waals surface area (Å²) in [5, 5.41) is 13.9. The van der Waals surface area contributed by atoms with Crippen LogP contribution in [0.5, 0.6) is 0 Å². The average Bonchev–Trinajstić information content (AvgIpc) is 2.42. The Hall–Kier alpha value is -2.41. The summed E-state index contributed by atoms with van der Waals surface area (Å²) in [5.74, 6) is -1.59. The van der Waals surface area contributed by atoms with Crippen LogP contribution in [-0.4, -0.2) is 42.6 Å². The van der Waals surface area contributed by atoms with Gasteiger partial charge in [-0.15, -0.1) is 0 Å². The van der Waals surface area contributed by atoms with E-state index in [1.54, 1.807) is 18.2 Å². The third kappa shape index (κ3) is 6.05. The van der Waals surface area contributed by atoms with Crippen molar-refractivity contribution in [3.05, 3.63) is 29.8 Å². The average molecular weight is 294 g/mol. The van der Waals surface area contributed by atoms with Crippen molar-refractivity contribution in [2.45, 2.75) is 19.4 Å². The first-order chi connectivity index (χ1) is 9.92. The monoisotopic (exact) mass is 294 g/mol. The second-order valence-corrected chi connectivity index (χ2v) is 4.43. The molecule has 3 N–H and O–H groups in total. The number of hydrogen-bond acceptors (Lipinski definition) is 4. The van der Waals surface area contributed by atoms with Gasteiger partial charge in [0.05, 0.1) is 12.5 Å². The van der Waals surface area contributed by atoms with Crippen LogP contribution in [0, 0.1) is 0 Å². The Kier molecular flexibility index (Phi) is 6.35. The van der Waals surface area contributed by atoms with E-state index >= 15 is 0 Å². The number of aliphatic carboxylic acids is 1. The minimum atomic E-state index is -0.997. The number of hydrogen-bond donors (Lipinski definition) is 3. The molecule has 0 fully saturated rings. The number of anilines is 1. The number of carbonyl (C=O) groups is 3. The van der Waals surface area contributed by atoms with E-state index in [1.807, 2.05) is 0 Å². The molecule has 0 aliphatic rings. The van der Waals surface area contributed by atoms with E-state index in [9.17, 15) is 14.4 Å². The number of carboxylic acids is 1. The lowest BCUT2D eigenvalue weighted by molar-refractivity contribution is -0.139. The largest absolute Gasteiger partial charge is 0.481 e. The second-order valence-electron chi connectivity index (χ2n) is 4.43. The van der Waals surface area contributed by atoms with Crippen molar-refractivity contribution in [1.29, 1.82) is 0 Å². The molecular formula is C14H18N2O5. The van der Waals surface area contributed by atoms with Crippen molar-refractivity contribution >= 4 is 23.5 Å². The highest BCUT2D eigenvalue weighted by molar-refractivity contribution is 5.96. The fourth-order valence-corrected chi connectivity index (χ4v) is 1.68. The van der Waals surface area contributed by atoms with Crippen LogP contribution in [0.3, 0.4) is 0 Å². The predicted octanol–water partition coefficient (Wildman–Crippen LogP) is 0.864. The standard InChI is InChI=1S/C14H18N2O5/c1-9(17)16-11-5-3-4-10(6-11)14(20)15-8-12(21-2)7-13(18)19/h3-6,12H,7-8H2,1-2H3,(H,15,20)(H,16,17)(H,18,19). The summed E-state index contributed by atoms with van der Waals surface area (Å²) >= 11 is 0. The molecule has 0 spiro atoms. The Balaban J connectivity index is 2.62. The summed E-state index contributed by atoms with van der Waals surface area (Å²) in [6.45, 7) is 1.47. The van der Waals surface area contributed by atoms with E-state index in [4.69, 9.17) is 9.84 Å². The maximum Gasteiger partial charge on any atom is 0.306 e. The van der Waals surface area contributed by atoms with Crippen molar-refractivity contribution in [2.24, 2.45) is 0 Å². The summed E-state index contributed by atoms with van der Waals surface area (Å²) in [6, 6.07) is 6.45. The van der Waals surface area contributed by atoms with Crippen molar-refractivity contribution < 1.29 is 24.2 Å². The van der Waals surface area contributed by atoms with Crippen molar-refractivity contribution in [3.63, 3.8) is 0 Å². The molecule has 0 aromatic heterocycles. The molecule has 1 unspecified atom stereocenters. The molecule has 2 amide bonds. The molecule has 7 heteroatoms. The summed E-state index contributed by atoms with van der Waals surface area (Å²) in [6.07, 6.45) is -0.784. The summed E-state index contributed by atoms with van der Waals surface area (Å²) in [7, 11) is 1.39. The molecule has 1 atom stereocenters. The predicted molar refractivity (Wildman–Crippen MR) is 76.1 cm³/mol. The number of carboxylic acid groups (broad SMARTS) is 1. The van der Waals surface area contributed by atoms with Crippen molar-refractivity contribution in [3.8, 4) is 0 Å². The molecule has 0 aliphatic carbocycles. The molecule has 114 valence electrons. The topological polar surface area (TPSA) is 105 Å². The quantitative estimate of drug-likeness (QED) is 0.692. The van der Waals surface area contributed by atoms with E-state index in [0.29, 0.717) is 11.3 Å². The first kappa shape index (κ1) is 16.6. The highest BCUT2D eigenvalue weighted by Gasteiger charge is 2.14. The summed E-state index contributed by atoms with van der Waals surface area (Å²) < 4.78 is 4.97. The fraction of sp³-hybridized carbons (Fsp3) is 0.357. The van der Waals surface area contributed by atoms with Crippen LogP contribution in [-0.2, 0) is 14.3 Å². The van der Waals surface area contributed by atoms with Crippen LogP contribution in [0.25, 0.3) is 0 Å². The first-order valence-electron chi connectivity index (χ1n) is 6.32. The number of carbonyl (C=O) groups excluding carboxylic acids is 2. The number of nitrogens with one attached hydrogen (secondary N) is 2. The van der Waals surface area contributed by atoms with Gasteiger partial charge < -0.3 is 20.5 Å². The maximum atomic E-state index is 12.0. The molecule has 21 heavy (non-hydrogen) atoms. The van der Waals surface area contributed by atoms with Crippen LogP contribution >= 0.6 is 0 Å². The Morgan fingerprint density at radius 1 is 1.33 bits per heavy atom. The van der Waals surface area contributed by atoms with Crippen LogP contribution in [0.15, 0.2) is 24.3 Å². The van der Waals surface area contributed by atoms with Crippen LogP contribution in [0.2, 0.25) is 0 Å². The lowest BCUT2D eigenvalue weighted by atomic mass is 10.1. The Labute approximate surface area is 122 Å². The van der Waals surface area contributed by atoms with Crippen molar-refractivity contribution in [2.75, 3.05) is 19.0 Å². The molecule has 0 saturated heterocycles. The van der Waals surface area contributed by atoms with Gasteiger partial charge in [-0.05, 0) is 18.2 Å². The van der Waals surface area contributed by atoms with E-state index in [0.717, 1.165) is 0 Å². The molecule has 1 rings (SSSR count). The van der Waals surface area contributed by atoms with Crippen LogP contribution in [0.4, 0.5) is 5.69 Å². The highest BCUT2D eigenvalue weighted by atomic mass is 16.5. The fourth-order valence-electron chi connectivity index (χ4n) is 1.68. The zero-order valence-corrected chi connectivity index (χ0v) is 11.9. The van der Waals surface area contributed by atoms with Gasteiger partial charge in [0.25, 0.3) is 5.91 Å². The maximum absolute atomic E-state index is 12.0. The lowest BCUT2D eigenvalue weighted by Crippen LogP contribution is -2.34. The van der Waals surface area contributed by atoms with Gasteiger partial charge in [-0.2, -0.15) is 0 Å². The normalized spacial score (nSPS) is 11.5. The van der Waals surface area contributed by atoms with Crippen LogP contribution in [0.1, 0.15) is 23.7 Å². The van der Waals surface area contributed by atoms with Gasteiger partial charge in [-0.25, -0.2) is 0 Å². The molecule has 0 bridgehead atoms. The SMILES string of the molecule is COC(CNC(=O)c1cccc(NC(C)=O)c1)CC(=O)O. The molecular weight excluding hydrogens is 276 g/mol. The molecule has 1 aromatic rings. The third-order valence-electron chi connectivity index (χ3n) is 2.67. The van der Waals surface area contributed by atoms with E-state index < -0.39 is 12.1 Å². The number of rotatable bonds is 7. The molecule has 7 nitrogen and oxygen atoms in total.